The second-order valence-corrected chi connectivity index (χ2v) is 5.83. The van der Waals surface area contributed by atoms with Gasteiger partial charge in [-0.05, 0) is 12.1 Å². The summed E-state index contributed by atoms with van der Waals surface area (Å²) in [6.45, 7) is 0.918. The summed E-state index contributed by atoms with van der Waals surface area (Å²) < 4.78 is 42.6. The molecular weight excluding hydrogens is 321 g/mol. The molecule has 0 radical (unpaired) electrons. The fraction of sp³-hybridized carbons (Fsp3) is 0.385. The van der Waals surface area contributed by atoms with E-state index in [4.69, 9.17) is 4.74 Å². The summed E-state index contributed by atoms with van der Waals surface area (Å²) in [6, 6.07) is 6.01. The van der Waals surface area contributed by atoms with Gasteiger partial charge < -0.3 is 10.1 Å². The van der Waals surface area contributed by atoms with Gasteiger partial charge >= 0.3 is 12.1 Å². The van der Waals surface area contributed by atoms with Crippen LogP contribution in [0.15, 0.2) is 24.3 Å². The molecule has 1 fully saturated rings. The maximum atomic E-state index is 12.6. The van der Waals surface area contributed by atoms with Gasteiger partial charge in [-0.2, -0.15) is 13.2 Å². The fourth-order valence-electron chi connectivity index (χ4n) is 1.85. The molecule has 1 amide bonds. The minimum absolute atomic E-state index is 0.0582. The summed E-state index contributed by atoms with van der Waals surface area (Å²) in [5, 5.41) is 3.44. The molecule has 0 saturated carbocycles. The van der Waals surface area contributed by atoms with Crippen molar-refractivity contribution in [3.05, 3.63) is 29.8 Å². The molecule has 22 heavy (non-hydrogen) atoms. The molecule has 120 valence electrons. The molecular formula is C13H13F3N2O3S. The third-order valence-electron chi connectivity index (χ3n) is 2.80. The Balaban J connectivity index is 2.03. The maximum Gasteiger partial charge on any atom is 0.401 e. The zero-order valence-electron chi connectivity index (χ0n) is 11.4. The predicted octanol–water partition coefficient (Wildman–Crippen LogP) is 1.89. The Morgan fingerprint density at radius 1 is 1.36 bits per heavy atom. The van der Waals surface area contributed by atoms with Crippen LogP contribution in [-0.4, -0.2) is 35.3 Å². The number of hydrogen-bond donors (Lipinski definition) is 2. The molecule has 1 saturated heterocycles. The Labute approximate surface area is 128 Å². The van der Waals surface area contributed by atoms with Gasteiger partial charge in [0, 0.05) is 13.5 Å². The topological polar surface area (TPSA) is 67.4 Å². The number of carbonyl (C=O) groups excluding carboxylic acids is 2. The molecule has 0 bridgehead atoms. The number of amides is 1. The van der Waals surface area contributed by atoms with Crippen LogP contribution in [0.3, 0.4) is 0 Å². The van der Waals surface area contributed by atoms with E-state index in [0.717, 1.165) is 0 Å². The minimum Gasteiger partial charge on any atom is -0.426 e. The van der Waals surface area contributed by atoms with Gasteiger partial charge in [0.25, 0.3) is 5.91 Å². The molecule has 5 nitrogen and oxygen atoms in total. The predicted molar refractivity (Wildman–Crippen MR) is 74.4 cm³/mol. The summed E-state index contributed by atoms with van der Waals surface area (Å²) in [7, 11) is 0. The number of alkyl halides is 3. The molecule has 2 rings (SSSR count). The number of ether oxygens (including phenoxy) is 1. The number of esters is 1. The Morgan fingerprint density at radius 3 is 2.64 bits per heavy atom. The molecule has 9 heteroatoms. The number of rotatable bonds is 3. The number of nitrogens with one attached hydrogen (secondary N) is 2. The molecule has 1 aliphatic rings. The molecule has 1 heterocycles. The van der Waals surface area contributed by atoms with E-state index in [-0.39, 0.29) is 17.9 Å². The smallest absolute Gasteiger partial charge is 0.401 e. The van der Waals surface area contributed by atoms with Crippen molar-refractivity contribution in [1.29, 1.82) is 0 Å². The highest BCUT2D eigenvalue weighted by Crippen LogP contribution is 2.35. The first-order valence-corrected chi connectivity index (χ1v) is 7.25. The van der Waals surface area contributed by atoms with E-state index in [1.807, 2.05) is 0 Å². The number of thioether (sulfide) groups is 1. The van der Waals surface area contributed by atoms with E-state index in [1.165, 1.54) is 19.1 Å². The summed E-state index contributed by atoms with van der Waals surface area (Å²) >= 11 is 0.585. The van der Waals surface area contributed by atoms with Crippen molar-refractivity contribution < 1.29 is 27.5 Å². The first-order chi connectivity index (χ1) is 10.3. The van der Waals surface area contributed by atoms with Gasteiger partial charge in [0.05, 0.1) is 5.56 Å². The summed E-state index contributed by atoms with van der Waals surface area (Å²) in [5.41, 5.74) is -0.778. The normalized spacial score (nSPS) is 21.5. The van der Waals surface area contributed by atoms with E-state index >= 15 is 0 Å². The molecule has 1 aromatic rings. The van der Waals surface area contributed by atoms with Crippen molar-refractivity contribution in [2.24, 2.45) is 0 Å². The van der Waals surface area contributed by atoms with Crippen LogP contribution in [0.5, 0.6) is 5.75 Å². The Bertz CT molecular complexity index is 580. The van der Waals surface area contributed by atoms with Crippen molar-refractivity contribution >= 4 is 23.6 Å². The molecule has 0 aliphatic carbocycles. The van der Waals surface area contributed by atoms with Crippen LogP contribution in [0.25, 0.3) is 0 Å². The van der Waals surface area contributed by atoms with Crippen LogP contribution in [0.1, 0.15) is 17.3 Å². The lowest BCUT2D eigenvalue weighted by Gasteiger charge is -2.15. The van der Waals surface area contributed by atoms with Crippen LogP contribution in [0.2, 0.25) is 0 Å². The lowest BCUT2D eigenvalue weighted by molar-refractivity contribution is -0.132. The van der Waals surface area contributed by atoms with E-state index in [1.54, 1.807) is 12.1 Å². The molecule has 0 aromatic heterocycles. The van der Waals surface area contributed by atoms with E-state index in [2.05, 4.69) is 10.6 Å². The Kier molecular flexibility index (Phi) is 4.97. The van der Waals surface area contributed by atoms with Crippen LogP contribution >= 0.6 is 11.8 Å². The maximum absolute atomic E-state index is 12.6. The van der Waals surface area contributed by atoms with Crippen molar-refractivity contribution in [1.82, 2.24) is 10.6 Å². The molecule has 2 unspecified atom stereocenters. The van der Waals surface area contributed by atoms with Gasteiger partial charge in [0.15, 0.2) is 0 Å². The van der Waals surface area contributed by atoms with Crippen molar-refractivity contribution in [3.8, 4) is 5.75 Å². The first kappa shape index (κ1) is 16.6. The minimum atomic E-state index is -4.33. The van der Waals surface area contributed by atoms with Gasteiger partial charge in [0.2, 0.25) is 0 Å². The number of benzene rings is 1. The number of hydrogen-bond acceptors (Lipinski definition) is 5. The number of halogens is 3. The van der Waals surface area contributed by atoms with Gasteiger partial charge in [-0.15, -0.1) is 11.8 Å². The van der Waals surface area contributed by atoms with Crippen molar-refractivity contribution in [3.63, 3.8) is 0 Å². The molecule has 2 atom stereocenters. The number of carbonyl (C=O) groups is 2. The monoisotopic (exact) mass is 334 g/mol. The third kappa shape index (κ3) is 4.14. The average Bonchev–Trinajstić information content (AvgIpc) is 2.87. The van der Waals surface area contributed by atoms with Crippen molar-refractivity contribution in [2.75, 3.05) is 6.54 Å². The van der Waals surface area contributed by atoms with Crippen LogP contribution < -0.4 is 15.4 Å². The Hall–Kier alpha value is -1.74. The summed E-state index contributed by atoms with van der Waals surface area (Å²) in [5.74, 6) is -1.15. The van der Waals surface area contributed by atoms with Crippen LogP contribution in [-0.2, 0) is 4.79 Å². The second kappa shape index (κ2) is 6.57. The highest BCUT2D eigenvalue weighted by atomic mass is 32.2. The lowest BCUT2D eigenvalue weighted by atomic mass is 10.2. The molecule has 0 spiro atoms. The SMILES string of the molecule is CC(=O)Oc1ccccc1C(=O)NC1NCC(C(F)(F)F)S1. The van der Waals surface area contributed by atoms with Gasteiger partial charge in [-0.3, -0.25) is 14.9 Å². The number of para-hydroxylation sites is 1. The van der Waals surface area contributed by atoms with E-state index < -0.39 is 28.8 Å². The summed E-state index contributed by atoms with van der Waals surface area (Å²) in [6.07, 6.45) is -4.33. The third-order valence-corrected chi connectivity index (χ3v) is 4.12. The largest absolute Gasteiger partial charge is 0.426 e. The second-order valence-electron chi connectivity index (χ2n) is 4.52. The molecule has 2 N–H and O–H groups in total. The summed E-state index contributed by atoms with van der Waals surface area (Å²) in [4.78, 5) is 23.1. The van der Waals surface area contributed by atoms with Crippen molar-refractivity contribution in [2.45, 2.75) is 23.8 Å². The molecule has 1 aromatic carbocycles. The quantitative estimate of drug-likeness (QED) is 0.653. The fourth-order valence-corrected chi connectivity index (χ4v) is 2.89. The van der Waals surface area contributed by atoms with Gasteiger partial charge in [-0.1, -0.05) is 12.1 Å². The van der Waals surface area contributed by atoms with Crippen LogP contribution in [0.4, 0.5) is 13.2 Å². The lowest BCUT2D eigenvalue weighted by Crippen LogP contribution is -2.39. The average molecular weight is 334 g/mol. The Morgan fingerprint density at radius 2 is 2.05 bits per heavy atom. The van der Waals surface area contributed by atoms with E-state index in [9.17, 15) is 22.8 Å². The zero-order valence-corrected chi connectivity index (χ0v) is 12.3. The van der Waals surface area contributed by atoms with Crippen LogP contribution in [0, 0.1) is 0 Å². The first-order valence-electron chi connectivity index (χ1n) is 6.31. The standard InChI is InChI=1S/C13H13F3N2O3S/c1-7(19)21-9-5-3-2-4-8(9)11(20)18-12-17-6-10(22-12)13(14,15)16/h2-5,10,12,17H,6H2,1H3,(H,18,20). The molecule has 1 aliphatic heterocycles. The zero-order chi connectivity index (χ0) is 16.3. The highest BCUT2D eigenvalue weighted by molar-refractivity contribution is 8.00. The highest BCUT2D eigenvalue weighted by Gasteiger charge is 2.45. The van der Waals surface area contributed by atoms with E-state index in [0.29, 0.717) is 11.8 Å². The van der Waals surface area contributed by atoms with Gasteiger partial charge in [-0.25, -0.2) is 0 Å². The van der Waals surface area contributed by atoms with Gasteiger partial charge in [0.1, 0.15) is 16.5 Å².